The maximum Gasteiger partial charge on any atom is 0.408 e. The summed E-state index contributed by atoms with van der Waals surface area (Å²) in [6.07, 6.45) is -0.817. The number of amides is 3. The van der Waals surface area contributed by atoms with Crippen molar-refractivity contribution in [3.63, 3.8) is 0 Å². The molecule has 1 rings (SSSR count). The Labute approximate surface area is 191 Å². The molecule has 8 nitrogen and oxygen atoms in total. The van der Waals surface area contributed by atoms with E-state index < -0.39 is 41.8 Å². The Balaban J connectivity index is 3.33. The van der Waals surface area contributed by atoms with Gasteiger partial charge in [-0.25, -0.2) is 4.79 Å². The molecule has 0 spiro atoms. The van der Waals surface area contributed by atoms with E-state index in [1.807, 2.05) is 52.8 Å². The molecule has 0 heterocycles. The smallest absolute Gasteiger partial charge is 0.408 e. The lowest BCUT2D eigenvalue weighted by molar-refractivity contribution is -0.143. The minimum atomic E-state index is -1.25. The SMILES string of the molecule is CCN(C(=O)C(CO)NC(=O)OC(C)(C)C)C(C(=O)NC(C)(C)C)c1ccc(C)c(C)c1. The van der Waals surface area contributed by atoms with Gasteiger partial charge in [0, 0.05) is 12.1 Å². The van der Waals surface area contributed by atoms with E-state index in [4.69, 9.17) is 4.74 Å². The fourth-order valence-corrected chi connectivity index (χ4v) is 3.15. The van der Waals surface area contributed by atoms with E-state index >= 15 is 0 Å². The fraction of sp³-hybridized carbons (Fsp3) is 0.625. The Bertz CT molecular complexity index is 824. The second kappa shape index (κ2) is 10.8. The topological polar surface area (TPSA) is 108 Å². The first-order valence-corrected chi connectivity index (χ1v) is 10.9. The molecule has 3 N–H and O–H groups in total. The third kappa shape index (κ3) is 8.15. The monoisotopic (exact) mass is 449 g/mol. The van der Waals surface area contributed by atoms with Crippen LogP contribution >= 0.6 is 0 Å². The molecular formula is C24H39N3O5. The molecule has 1 aromatic rings. The van der Waals surface area contributed by atoms with Crippen LogP contribution in [0.15, 0.2) is 18.2 Å². The van der Waals surface area contributed by atoms with Crippen molar-refractivity contribution in [1.29, 1.82) is 0 Å². The van der Waals surface area contributed by atoms with Crippen molar-refractivity contribution >= 4 is 17.9 Å². The van der Waals surface area contributed by atoms with E-state index in [-0.39, 0.29) is 12.5 Å². The molecule has 0 aliphatic carbocycles. The van der Waals surface area contributed by atoms with Gasteiger partial charge in [-0.3, -0.25) is 9.59 Å². The predicted octanol–water partition coefficient (Wildman–Crippen LogP) is 2.99. The summed E-state index contributed by atoms with van der Waals surface area (Å²) in [5.41, 5.74) is 1.44. The van der Waals surface area contributed by atoms with Gasteiger partial charge in [0.1, 0.15) is 17.7 Å². The number of alkyl carbamates (subject to hydrolysis) is 1. The highest BCUT2D eigenvalue weighted by Gasteiger charge is 2.36. The molecule has 2 atom stereocenters. The highest BCUT2D eigenvalue weighted by atomic mass is 16.6. The summed E-state index contributed by atoms with van der Waals surface area (Å²) in [5, 5.41) is 15.2. The Morgan fingerprint density at radius 2 is 1.66 bits per heavy atom. The van der Waals surface area contributed by atoms with Crippen molar-refractivity contribution < 1.29 is 24.2 Å². The number of benzene rings is 1. The number of aliphatic hydroxyl groups excluding tert-OH is 1. The van der Waals surface area contributed by atoms with Gasteiger partial charge in [-0.1, -0.05) is 18.2 Å². The molecular weight excluding hydrogens is 410 g/mol. The minimum absolute atomic E-state index is 0.195. The number of nitrogens with one attached hydrogen (secondary N) is 2. The van der Waals surface area contributed by atoms with Crippen molar-refractivity contribution in [2.75, 3.05) is 13.2 Å². The third-order valence-corrected chi connectivity index (χ3v) is 4.70. The molecule has 0 radical (unpaired) electrons. The van der Waals surface area contributed by atoms with E-state index in [2.05, 4.69) is 10.6 Å². The van der Waals surface area contributed by atoms with Crippen LogP contribution in [0.5, 0.6) is 0 Å². The van der Waals surface area contributed by atoms with Crippen molar-refractivity contribution in [2.24, 2.45) is 0 Å². The second-order valence-electron chi connectivity index (χ2n) is 9.99. The molecule has 0 bridgehead atoms. The van der Waals surface area contributed by atoms with Gasteiger partial charge in [-0.15, -0.1) is 0 Å². The van der Waals surface area contributed by atoms with Gasteiger partial charge in [0.15, 0.2) is 0 Å². The third-order valence-electron chi connectivity index (χ3n) is 4.70. The average Bonchev–Trinajstić information content (AvgIpc) is 2.63. The Kier molecular flexibility index (Phi) is 9.26. The molecule has 32 heavy (non-hydrogen) atoms. The Morgan fingerprint density at radius 3 is 2.09 bits per heavy atom. The van der Waals surface area contributed by atoms with Crippen molar-refractivity contribution in [1.82, 2.24) is 15.5 Å². The molecule has 1 aromatic carbocycles. The summed E-state index contributed by atoms with van der Waals surface area (Å²) < 4.78 is 5.21. The first-order chi connectivity index (χ1) is 14.6. The van der Waals surface area contributed by atoms with Crippen LogP contribution in [0.25, 0.3) is 0 Å². The number of hydrogen-bond acceptors (Lipinski definition) is 5. The van der Waals surface area contributed by atoms with Gasteiger partial charge in [0.2, 0.25) is 11.8 Å². The first kappa shape index (κ1) is 27.4. The van der Waals surface area contributed by atoms with Gasteiger partial charge < -0.3 is 25.4 Å². The van der Waals surface area contributed by atoms with Gasteiger partial charge in [-0.05, 0) is 79.0 Å². The van der Waals surface area contributed by atoms with Crippen LogP contribution in [0.3, 0.4) is 0 Å². The first-order valence-electron chi connectivity index (χ1n) is 10.9. The summed E-state index contributed by atoms with van der Waals surface area (Å²) in [6, 6.07) is 3.43. The second-order valence-corrected chi connectivity index (χ2v) is 9.99. The van der Waals surface area contributed by atoms with E-state index in [9.17, 15) is 19.5 Å². The van der Waals surface area contributed by atoms with Crippen molar-refractivity contribution in [3.05, 3.63) is 34.9 Å². The number of carbonyl (C=O) groups is 3. The fourth-order valence-electron chi connectivity index (χ4n) is 3.15. The number of aryl methyl sites for hydroxylation is 2. The zero-order valence-corrected chi connectivity index (χ0v) is 20.8. The molecule has 3 amide bonds. The largest absolute Gasteiger partial charge is 0.444 e. The van der Waals surface area contributed by atoms with Gasteiger partial charge in [0.25, 0.3) is 0 Å². The number of ether oxygens (including phenoxy) is 1. The number of carbonyl (C=O) groups excluding carboxylic acids is 3. The number of likely N-dealkylation sites (N-methyl/N-ethyl adjacent to an activating group) is 1. The molecule has 0 aromatic heterocycles. The molecule has 0 saturated heterocycles. The highest BCUT2D eigenvalue weighted by Crippen LogP contribution is 2.25. The lowest BCUT2D eigenvalue weighted by atomic mass is 9.97. The summed E-state index contributed by atoms with van der Waals surface area (Å²) in [4.78, 5) is 40.2. The van der Waals surface area contributed by atoms with Crippen molar-refractivity contribution in [3.8, 4) is 0 Å². The van der Waals surface area contributed by atoms with Gasteiger partial charge in [-0.2, -0.15) is 0 Å². The number of hydrogen-bond donors (Lipinski definition) is 3. The summed E-state index contributed by atoms with van der Waals surface area (Å²) in [5.74, 6) is -0.918. The Morgan fingerprint density at radius 1 is 1.06 bits per heavy atom. The summed E-state index contributed by atoms with van der Waals surface area (Å²) >= 11 is 0. The average molecular weight is 450 g/mol. The zero-order chi connectivity index (χ0) is 24.9. The number of nitrogens with zero attached hydrogens (tertiary/aromatic N) is 1. The summed E-state index contributed by atoms with van der Waals surface area (Å²) in [7, 11) is 0. The molecule has 180 valence electrons. The van der Waals surface area contributed by atoms with Crippen LogP contribution in [-0.4, -0.2) is 58.2 Å². The van der Waals surface area contributed by atoms with Crippen LogP contribution < -0.4 is 10.6 Å². The van der Waals surface area contributed by atoms with Gasteiger partial charge in [0.05, 0.1) is 6.61 Å². The molecule has 0 aliphatic rings. The van der Waals surface area contributed by atoms with Gasteiger partial charge >= 0.3 is 6.09 Å². The quantitative estimate of drug-likeness (QED) is 0.593. The maximum absolute atomic E-state index is 13.4. The van der Waals surface area contributed by atoms with Crippen LogP contribution in [0, 0.1) is 13.8 Å². The normalized spacial score (nSPS) is 13.7. The zero-order valence-electron chi connectivity index (χ0n) is 20.8. The van der Waals surface area contributed by atoms with E-state index in [1.54, 1.807) is 27.7 Å². The lowest BCUT2D eigenvalue weighted by Gasteiger charge is -2.35. The van der Waals surface area contributed by atoms with Crippen molar-refractivity contribution in [2.45, 2.75) is 85.5 Å². The predicted molar refractivity (Wildman–Crippen MR) is 124 cm³/mol. The lowest BCUT2D eigenvalue weighted by Crippen LogP contribution is -2.55. The Hall–Kier alpha value is -2.61. The van der Waals surface area contributed by atoms with Crippen LogP contribution in [0.2, 0.25) is 0 Å². The van der Waals surface area contributed by atoms with E-state index in [0.29, 0.717) is 5.56 Å². The maximum atomic E-state index is 13.4. The summed E-state index contributed by atoms with van der Waals surface area (Å²) in [6.45, 7) is 15.9. The standard InChI is InChI=1S/C24H39N3O5/c1-10-27(21(30)18(14-28)25-22(31)32-24(7,8)9)19(20(29)26-23(4,5)6)17-12-11-15(2)16(3)13-17/h11-13,18-19,28H,10,14H2,1-9H3,(H,25,31)(H,26,29). The number of aliphatic hydroxyl groups is 1. The van der Waals surface area contributed by atoms with E-state index in [0.717, 1.165) is 11.1 Å². The molecule has 0 saturated carbocycles. The molecule has 2 unspecified atom stereocenters. The van der Waals surface area contributed by atoms with Crippen LogP contribution in [-0.2, 0) is 14.3 Å². The molecule has 0 aliphatic heterocycles. The molecule has 0 fully saturated rings. The minimum Gasteiger partial charge on any atom is -0.444 e. The number of rotatable bonds is 7. The van der Waals surface area contributed by atoms with Crippen LogP contribution in [0.4, 0.5) is 4.79 Å². The van der Waals surface area contributed by atoms with E-state index in [1.165, 1.54) is 4.90 Å². The van der Waals surface area contributed by atoms with Crippen LogP contribution in [0.1, 0.15) is 71.2 Å². The molecule has 8 heteroatoms. The highest BCUT2D eigenvalue weighted by molar-refractivity contribution is 5.92.